The van der Waals surface area contributed by atoms with E-state index in [0.717, 1.165) is 17.7 Å². The molecule has 0 N–H and O–H groups in total. The molecule has 158 valence electrons. The van der Waals surface area contributed by atoms with Gasteiger partial charge in [-0.25, -0.2) is 4.57 Å². The van der Waals surface area contributed by atoms with Gasteiger partial charge in [-0.3, -0.25) is 4.98 Å². The Balaban J connectivity index is 1.77. The number of nitrogens with zero attached hydrogens (tertiary/aromatic N) is 2. The minimum Gasteiger partial charge on any atom is -0.261 e. The molecule has 0 aliphatic heterocycles. The highest BCUT2D eigenvalue weighted by Gasteiger charge is 2.16. The molecule has 0 atom stereocenters. The number of benzene rings is 2. The van der Waals surface area contributed by atoms with Crippen LogP contribution in [-0.4, -0.2) is 4.98 Å². The number of pyridine rings is 2. The molecule has 0 saturated heterocycles. The predicted octanol–water partition coefficient (Wildman–Crippen LogP) is 6.91. The molecule has 4 rings (SSSR count). The minimum absolute atomic E-state index is 0.246. The summed E-state index contributed by atoms with van der Waals surface area (Å²) in [5.41, 5.74) is 10.3. The highest BCUT2D eigenvalue weighted by molar-refractivity contribution is 5.88. The van der Waals surface area contributed by atoms with Gasteiger partial charge in [0.15, 0.2) is 6.20 Å². The lowest BCUT2D eigenvalue weighted by Gasteiger charge is -2.17. The molecule has 0 unspecified atom stereocenters. The van der Waals surface area contributed by atoms with E-state index in [0.29, 0.717) is 0 Å². The molecule has 4 aromatic rings. The molecule has 0 fully saturated rings. The Morgan fingerprint density at radius 3 is 2.26 bits per heavy atom. The van der Waals surface area contributed by atoms with Gasteiger partial charge in [0, 0.05) is 34.5 Å². The molecule has 0 bridgehead atoms. The van der Waals surface area contributed by atoms with E-state index in [-0.39, 0.29) is 5.41 Å². The first kappa shape index (κ1) is 21.2. The van der Waals surface area contributed by atoms with Gasteiger partial charge in [-0.05, 0) is 78.9 Å². The van der Waals surface area contributed by atoms with Crippen LogP contribution in [0.4, 0.5) is 0 Å². The molecular weight excluding hydrogens is 376 g/mol. The van der Waals surface area contributed by atoms with Crippen LogP contribution >= 0.6 is 0 Å². The number of hydrogen-bond donors (Lipinski definition) is 0. The maximum absolute atomic E-state index is 4.73. The Bertz CT molecular complexity index is 1260. The molecule has 0 aliphatic rings. The lowest BCUT2D eigenvalue weighted by Crippen LogP contribution is -2.30. The fourth-order valence-corrected chi connectivity index (χ4v) is 4.34. The van der Waals surface area contributed by atoms with Crippen LogP contribution in [0.25, 0.3) is 33.2 Å². The van der Waals surface area contributed by atoms with E-state index in [2.05, 4.69) is 108 Å². The molecule has 2 aromatic carbocycles. The van der Waals surface area contributed by atoms with Crippen molar-refractivity contribution in [2.75, 3.05) is 0 Å². The van der Waals surface area contributed by atoms with E-state index in [1.54, 1.807) is 0 Å². The minimum atomic E-state index is 0.246. The molecule has 0 radical (unpaired) electrons. The molecule has 2 heteroatoms. The molecule has 0 aliphatic carbocycles. The van der Waals surface area contributed by atoms with Gasteiger partial charge in [-0.2, -0.15) is 0 Å². The molecule has 0 amide bonds. The van der Waals surface area contributed by atoms with Gasteiger partial charge in [0.2, 0.25) is 5.69 Å². The van der Waals surface area contributed by atoms with Crippen LogP contribution < -0.4 is 4.57 Å². The first-order valence-electron chi connectivity index (χ1n) is 11.1. The number of fused-ring (bicyclic) bond motifs is 1. The second kappa shape index (κ2) is 7.92. The van der Waals surface area contributed by atoms with Gasteiger partial charge >= 0.3 is 0 Å². The molecular formula is C29H33N2+. The number of hydrogen-bond acceptors (Lipinski definition) is 1. The van der Waals surface area contributed by atoms with Crippen LogP contribution in [0.1, 0.15) is 43.2 Å². The molecule has 2 heterocycles. The van der Waals surface area contributed by atoms with E-state index in [9.17, 15) is 0 Å². The Hall–Kier alpha value is -3.00. The Kier molecular flexibility index (Phi) is 5.43. The van der Waals surface area contributed by atoms with Crippen molar-refractivity contribution in [1.82, 2.24) is 4.98 Å². The van der Waals surface area contributed by atoms with Crippen LogP contribution in [0.2, 0.25) is 0 Å². The third-order valence-corrected chi connectivity index (χ3v) is 6.05. The second-order valence-electron chi connectivity index (χ2n) is 10.1. The Morgan fingerprint density at radius 1 is 0.839 bits per heavy atom. The van der Waals surface area contributed by atoms with Crippen LogP contribution in [0.3, 0.4) is 0 Å². The number of rotatable bonds is 3. The molecule has 2 aromatic heterocycles. The summed E-state index contributed by atoms with van der Waals surface area (Å²) in [6.07, 6.45) is 5.23. The summed E-state index contributed by atoms with van der Waals surface area (Å²) < 4.78 is 2.24. The molecule has 2 nitrogen and oxygen atoms in total. The summed E-state index contributed by atoms with van der Waals surface area (Å²) in [4.78, 5) is 4.73. The average molecular weight is 410 g/mol. The maximum Gasteiger partial charge on any atom is 0.213 e. The molecule has 0 spiro atoms. The van der Waals surface area contributed by atoms with E-state index in [1.807, 2.05) is 6.20 Å². The summed E-state index contributed by atoms with van der Waals surface area (Å²) in [5, 5.41) is 2.50. The summed E-state index contributed by atoms with van der Waals surface area (Å²) >= 11 is 0. The van der Waals surface area contributed by atoms with Crippen LogP contribution in [0.15, 0.2) is 60.9 Å². The predicted molar refractivity (Wildman–Crippen MR) is 131 cm³/mol. The summed E-state index contributed by atoms with van der Waals surface area (Å²) in [6.45, 7) is 13.3. The van der Waals surface area contributed by atoms with Gasteiger partial charge < -0.3 is 0 Å². The Labute approximate surface area is 186 Å². The van der Waals surface area contributed by atoms with E-state index < -0.39 is 0 Å². The third kappa shape index (κ3) is 4.54. The SMILES string of the molecule is Cc1cc(C)c(C)c(-c2cc3cc(-c4ccc(CC(C)(C)C)nc4)ccc3c[n+]2C)c1. The monoisotopic (exact) mass is 409 g/mol. The summed E-state index contributed by atoms with van der Waals surface area (Å²) in [6, 6.07) is 17.9. The zero-order chi connectivity index (χ0) is 22.3. The average Bonchev–Trinajstić information content (AvgIpc) is 2.69. The second-order valence-corrected chi connectivity index (χ2v) is 10.1. The van der Waals surface area contributed by atoms with Crippen molar-refractivity contribution in [2.45, 2.75) is 48.0 Å². The van der Waals surface area contributed by atoms with Crippen LogP contribution in [-0.2, 0) is 13.5 Å². The van der Waals surface area contributed by atoms with Crippen LogP contribution in [0.5, 0.6) is 0 Å². The lowest BCUT2D eigenvalue weighted by atomic mass is 9.90. The first-order valence-corrected chi connectivity index (χ1v) is 11.1. The van der Waals surface area contributed by atoms with Crippen molar-refractivity contribution in [1.29, 1.82) is 0 Å². The fourth-order valence-electron chi connectivity index (χ4n) is 4.34. The Morgan fingerprint density at radius 2 is 1.58 bits per heavy atom. The van der Waals surface area contributed by atoms with Crippen molar-refractivity contribution in [3.8, 4) is 22.4 Å². The van der Waals surface area contributed by atoms with Crippen molar-refractivity contribution in [2.24, 2.45) is 12.5 Å². The lowest BCUT2D eigenvalue weighted by molar-refractivity contribution is -0.659. The summed E-state index contributed by atoms with van der Waals surface area (Å²) in [5.74, 6) is 0. The van der Waals surface area contributed by atoms with Crippen LogP contribution in [0, 0.1) is 26.2 Å². The van der Waals surface area contributed by atoms with Gasteiger partial charge in [0.25, 0.3) is 0 Å². The van der Waals surface area contributed by atoms with Crippen molar-refractivity contribution in [3.05, 3.63) is 83.3 Å². The first-order chi connectivity index (χ1) is 14.6. The fraction of sp³-hybridized carbons (Fsp3) is 0.310. The topological polar surface area (TPSA) is 16.8 Å². The van der Waals surface area contributed by atoms with Gasteiger partial charge in [0.05, 0.1) is 0 Å². The largest absolute Gasteiger partial charge is 0.261 e. The van der Waals surface area contributed by atoms with Crippen molar-refractivity contribution < 1.29 is 4.57 Å². The van der Waals surface area contributed by atoms with Gasteiger partial charge in [-0.15, -0.1) is 0 Å². The van der Waals surface area contributed by atoms with Crippen molar-refractivity contribution >= 4 is 10.8 Å². The number of aryl methyl sites for hydroxylation is 3. The smallest absolute Gasteiger partial charge is 0.213 e. The van der Waals surface area contributed by atoms with Crippen molar-refractivity contribution in [3.63, 3.8) is 0 Å². The highest BCUT2D eigenvalue weighted by atomic mass is 14.9. The molecule has 0 saturated carbocycles. The van der Waals surface area contributed by atoms with E-state index in [4.69, 9.17) is 4.98 Å². The van der Waals surface area contributed by atoms with Gasteiger partial charge in [-0.1, -0.05) is 44.5 Å². The van der Waals surface area contributed by atoms with Gasteiger partial charge in [0.1, 0.15) is 7.05 Å². The quantitative estimate of drug-likeness (QED) is 0.336. The zero-order valence-corrected chi connectivity index (χ0v) is 19.9. The third-order valence-electron chi connectivity index (χ3n) is 6.05. The zero-order valence-electron chi connectivity index (χ0n) is 19.9. The highest BCUT2D eigenvalue weighted by Crippen LogP contribution is 2.29. The normalized spacial score (nSPS) is 11.8. The molecule has 31 heavy (non-hydrogen) atoms. The summed E-state index contributed by atoms with van der Waals surface area (Å²) in [7, 11) is 2.14. The maximum atomic E-state index is 4.73. The standard InChI is InChI=1S/C29H33N2/c1-19-12-20(2)21(3)27(13-19)28-15-25-14-22(8-9-24(25)18-31(28)7)23-10-11-26(30-17-23)16-29(4,5)6/h8-15,17-18H,16H2,1-7H3/q+1. The van der Waals surface area contributed by atoms with E-state index >= 15 is 0 Å². The van der Waals surface area contributed by atoms with E-state index in [1.165, 1.54) is 44.3 Å². The number of aromatic nitrogens is 2.